The van der Waals surface area contributed by atoms with Gasteiger partial charge in [0.2, 0.25) is 0 Å². The van der Waals surface area contributed by atoms with Crippen molar-refractivity contribution >= 4 is 12.3 Å². The maximum atomic E-state index is 12.5. The van der Waals surface area contributed by atoms with Crippen molar-refractivity contribution in [1.29, 1.82) is 0 Å². The van der Waals surface area contributed by atoms with Gasteiger partial charge in [-0.2, -0.15) is 0 Å². The zero-order valence-electron chi connectivity index (χ0n) is 17.2. The Kier molecular flexibility index (Phi) is 4.38. The Morgan fingerprint density at radius 2 is 1.89 bits per heavy atom. The molecule has 4 heteroatoms. The van der Waals surface area contributed by atoms with Crippen LogP contribution in [0.3, 0.4) is 0 Å². The van der Waals surface area contributed by atoms with Crippen LogP contribution in [0.15, 0.2) is 11.6 Å². The number of aliphatic hydroxyl groups excluding tert-OH is 1. The van der Waals surface area contributed by atoms with Gasteiger partial charge in [0.25, 0.3) is 0 Å². The van der Waals surface area contributed by atoms with Crippen LogP contribution in [0.5, 0.6) is 0 Å². The molecular weight excluding hydrogens is 340 g/mol. The molecule has 0 bridgehead atoms. The van der Waals surface area contributed by atoms with Gasteiger partial charge in [-0.05, 0) is 75.5 Å². The summed E-state index contributed by atoms with van der Waals surface area (Å²) in [6, 6.07) is 0. The molecule has 0 aromatic rings. The van der Waals surface area contributed by atoms with E-state index in [0.717, 1.165) is 38.5 Å². The molecule has 0 amide bonds. The minimum Gasteiger partial charge on any atom is -0.459 e. The molecular formula is C23H34O4. The monoisotopic (exact) mass is 374 g/mol. The number of esters is 1. The van der Waals surface area contributed by atoms with Crippen LogP contribution in [0.2, 0.25) is 0 Å². The molecule has 0 radical (unpaired) electrons. The number of aldehydes is 1. The lowest BCUT2D eigenvalue weighted by atomic mass is 9.44. The van der Waals surface area contributed by atoms with Crippen LogP contribution in [0, 0.1) is 34.5 Å². The third-order valence-electron chi connectivity index (χ3n) is 9.13. The second kappa shape index (κ2) is 6.17. The van der Waals surface area contributed by atoms with Gasteiger partial charge in [0, 0.05) is 12.3 Å². The average molecular weight is 375 g/mol. The van der Waals surface area contributed by atoms with Gasteiger partial charge in [-0.15, -0.1) is 0 Å². The van der Waals surface area contributed by atoms with E-state index in [1.807, 2.05) is 6.08 Å². The highest BCUT2D eigenvalue weighted by atomic mass is 16.6. The van der Waals surface area contributed by atoms with E-state index in [0.29, 0.717) is 30.1 Å². The van der Waals surface area contributed by atoms with Crippen molar-refractivity contribution in [1.82, 2.24) is 0 Å². The summed E-state index contributed by atoms with van der Waals surface area (Å²) >= 11 is 0. The molecule has 0 unspecified atom stereocenters. The van der Waals surface area contributed by atoms with Crippen LogP contribution >= 0.6 is 0 Å². The Balaban J connectivity index is 1.72. The van der Waals surface area contributed by atoms with Crippen LogP contribution in [-0.4, -0.2) is 29.1 Å². The summed E-state index contributed by atoms with van der Waals surface area (Å²) in [5, 5.41) is 10.2. The number of aliphatic hydroxyl groups is 1. The van der Waals surface area contributed by atoms with Gasteiger partial charge < -0.3 is 14.6 Å². The van der Waals surface area contributed by atoms with Gasteiger partial charge in [-0.25, -0.2) is 0 Å². The lowest BCUT2D eigenvalue weighted by Crippen LogP contribution is -2.57. The van der Waals surface area contributed by atoms with Crippen LogP contribution in [0.1, 0.15) is 72.6 Å². The molecule has 0 aromatic heterocycles. The highest BCUT2D eigenvalue weighted by molar-refractivity contribution is 5.68. The lowest BCUT2D eigenvalue weighted by Gasteiger charge is -2.60. The van der Waals surface area contributed by atoms with E-state index in [-0.39, 0.29) is 16.8 Å². The van der Waals surface area contributed by atoms with Crippen molar-refractivity contribution in [2.24, 2.45) is 34.5 Å². The average Bonchev–Trinajstić information content (AvgIpc) is 2.86. The second-order valence-corrected chi connectivity index (χ2v) is 10.2. The molecule has 0 spiro atoms. The van der Waals surface area contributed by atoms with Gasteiger partial charge in [0.15, 0.2) is 0 Å². The Bertz CT molecular complexity index is 684. The molecule has 8 atom stereocenters. The first-order valence-electron chi connectivity index (χ1n) is 10.7. The fraction of sp³-hybridized carbons (Fsp3) is 0.826. The van der Waals surface area contributed by atoms with Crippen molar-refractivity contribution in [3.8, 4) is 0 Å². The summed E-state index contributed by atoms with van der Waals surface area (Å²) in [6.45, 7) is 8.18. The first kappa shape index (κ1) is 19.2. The van der Waals surface area contributed by atoms with Crippen LogP contribution in [-0.2, 0) is 14.3 Å². The molecule has 1 N–H and O–H groups in total. The second-order valence-electron chi connectivity index (χ2n) is 10.2. The van der Waals surface area contributed by atoms with E-state index in [1.165, 1.54) is 18.8 Å². The third-order valence-corrected chi connectivity index (χ3v) is 9.13. The molecule has 0 aromatic carbocycles. The first-order valence-corrected chi connectivity index (χ1v) is 10.7. The molecule has 27 heavy (non-hydrogen) atoms. The van der Waals surface area contributed by atoms with Crippen molar-refractivity contribution in [3.63, 3.8) is 0 Å². The summed E-state index contributed by atoms with van der Waals surface area (Å²) in [6.07, 6.45) is 9.35. The maximum absolute atomic E-state index is 12.5. The Morgan fingerprint density at radius 1 is 1.19 bits per heavy atom. The van der Waals surface area contributed by atoms with Gasteiger partial charge >= 0.3 is 5.97 Å². The van der Waals surface area contributed by atoms with Crippen molar-refractivity contribution in [2.45, 2.75) is 84.3 Å². The predicted octanol–water partition coefficient (Wildman–Crippen LogP) is 4.06. The lowest BCUT2D eigenvalue weighted by molar-refractivity contribution is -0.178. The van der Waals surface area contributed by atoms with Gasteiger partial charge in [0.05, 0.1) is 11.5 Å². The molecule has 4 rings (SSSR count). The number of rotatable bonds is 2. The number of hydrogen-bond acceptors (Lipinski definition) is 4. The SMILES string of the molecule is CC(=O)O[C@@]1(C)CC[C@H]2[C@@H]3C[C@H](C)C4=C[C@@H](O)CC[C@]4(C=O)[C@H]3CC[C@@]21C. The molecule has 150 valence electrons. The Morgan fingerprint density at radius 3 is 2.56 bits per heavy atom. The molecule has 4 nitrogen and oxygen atoms in total. The van der Waals surface area contributed by atoms with E-state index in [2.05, 4.69) is 20.8 Å². The smallest absolute Gasteiger partial charge is 0.303 e. The van der Waals surface area contributed by atoms with E-state index >= 15 is 0 Å². The van der Waals surface area contributed by atoms with Crippen molar-refractivity contribution < 1.29 is 19.4 Å². The first-order chi connectivity index (χ1) is 12.7. The third kappa shape index (κ3) is 2.51. The topological polar surface area (TPSA) is 63.6 Å². The number of carbonyl (C=O) groups is 2. The summed E-state index contributed by atoms with van der Waals surface area (Å²) in [4.78, 5) is 24.2. The quantitative estimate of drug-likeness (QED) is 0.450. The van der Waals surface area contributed by atoms with Gasteiger partial charge in [-0.3, -0.25) is 4.79 Å². The zero-order valence-corrected chi connectivity index (χ0v) is 17.2. The van der Waals surface area contributed by atoms with E-state index < -0.39 is 11.7 Å². The molecule has 0 aliphatic heterocycles. The largest absolute Gasteiger partial charge is 0.459 e. The maximum Gasteiger partial charge on any atom is 0.303 e. The molecule has 0 saturated heterocycles. The fourth-order valence-corrected chi connectivity index (χ4v) is 7.72. The molecule has 3 saturated carbocycles. The van der Waals surface area contributed by atoms with E-state index in [4.69, 9.17) is 4.74 Å². The normalized spacial score (nSPS) is 51.4. The number of ether oxygens (including phenoxy) is 1. The van der Waals surface area contributed by atoms with Crippen LogP contribution in [0.25, 0.3) is 0 Å². The minimum absolute atomic E-state index is 0.0149. The number of fused-ring (bicyclic) bond motifs is 5. The predicted molar refractivity (Wildman–Crippen MR) is 103 cm³/mol. The van der Waals surface area contributed by atoms with E-state index in [9.17, 15) is 14.7 Å². The zero-order chi connectivity index (χ0) is 19.6. The van der Waals surface area contributed by atoms with Crippen molar-refractivity contribution in [3.05, 3.63) is 11.6 Å². The fourth-order valence-electron chi connectivity index (χ4n) is 7.72. The summed E-state index contributed by atoms with van der Waals surface area (Å²) < 4.78 is 5.90. The number of carbonyl (C=O) groups excluding carboxylic acids is 2. The van der Waals surface area contributed by atoms with Gasteiger partial charge in [-0.1, -0.05) is 25.5 Å². The molecule has 4 aliphatic rings. The van der Waals surface area contributed by atoms with Crippen molar-refractivity contribution in [2.75, 3.05) is 0 Å². The van der Waals surface area contributed by atoms with Gasteiger partial charge in [0.1, 0.15) is 11.9 Å². The molecule has 0 heterocycles. The summed E-state index contributed by atoms with van der Waals surface area (Å²) in [7, 11) is 0. The van der Waals surface area contributed by atoms with Crippen LogP contribution in [0.4, 0.5) is 0 Å². The Labute approximate surface area is 162 Å². The minimum atomic E-state index is -0.403. The number of allylic oxidation sites excluding steroid dienone is 1. The standard InChI is InChI=1S/C23H34O4/c1-14-11-17-18-7-9-22(4,27-15(2)25)21(18,3)8-6-19(17)23(13-24)10-5-16(26)12-20(14)23/h12-14,16-19,26H,5-11H2,1-4H3/t14-,16-,17-,18-,19-,21-,22-,23-/m0/s1. The summed E-state index contributed by atoms with van der Waals surface area (Å²) in [5.41, 5.74) is 0.398. The Hall–Kier alpha value is -1.16. The molecule has 3 fully saturated rings. The van der Waals surface area contributed by atoms with E-state index in [1.54, 1.807) is 0 Å². The molecule has 4 aliphatic carbocycles. The highest BCUT2D eigenvalue weighted by Gasteiger charge is 2.65. The highest BCUT2D eigenvalue weighted by Crippen LogP contribution is 2.68. The van der Waals surface area contributed by atoms with Crippen LogP contribution < -0.4 is 0 Å². The number of hydrogen-bond donors (Lipinski definition) is 1. The summed E-state index contributed by atoms with van der Waals surface area (Å²) in [5.74, 6) is 1.49.